The van der Waals surface area contributed by atoms with E-state index >= 15 is 0 Å². The molecule has 0 radical (unpaired) electrons. The first kappa shape index (κ1) is 12.2. The Morgan fingerprint density at radius 2 is 2.11 bits per heavy atom. The molecule has 0 saturated carbocycles. The third-order valence-corrected chi connectivity index (χ3v) is 4.14. The number of halogens is 1. The maximum absolute atomic E-state index is 13.3. The zero-order valence-corrected chi connectivity index (χ0v) is 10.9. The van der Waals surface area contributed by atoms with Gasteiger partial charge in [-0.2, -0.15) is 0 Å². The zero-order chi connectivity index (χ0) is 13.6. The standard InChI is InChI=1S/C15H16FNO2/c1-10-13-9-12(16)3-4-14(13)19-15(10)5-7-17(8-6-15)11(2)18/h3-4,9H,1,5-8H2,2H3. The third kappa shape index (κ3) is 1.82. The van der Waals surface area contributed by atoms with Gasteiger partial charge in [0.05, 0.1) is 0 Å². The smallest absolute Gasteiger partial charge is 0.219 e. The lowest BCUT2D eigenvalue weighted by Crippen LogP contribution is -2.47. The fraction of sp³-hybridized carbons (Fsp3) is 0.400. The molecule has 3 rings (SSSR count). The van der Waals surface area contributed by atoms with E-state index in [1.165, 1.54) is 12.1 Å². The maximum atomic E-state index is 13.3. The van der Waals surface area contributed by atoms with Crippen molar-refractivity contribution in [2.75, 3.05) is 13.1 Å². The van der Waals surface area contributed by atoms with Gasteiger partial charge in [-0.3, -0.25) is 4.79 Å². The van der Waals surface area contributed by atoms with Crippen LogP contribution in [0.3, 0.4) is 0 Å². The highest BCUT2D eigenvalue weighted by atomic mass is 19.1. The van der Waals surface area contributed by atoms with Crippen molar-refractivity contribution in [3.05, 3.63) is 36.2 Å². The largest absolute Gasteiger partial charge is 0.482 e. The highest BCUT2D eigenvalue weighted by molar-refractivity contribution is 5.80. The molecular formula is C15H16FNO2. The van der Waals surface area contributed by atoms with Crippen LogP contribution in [-0.4, -0.2) is 29.5 Å². The Hall–Kier alpha value is -1.84. The van der Waals surface area contributed by atoms with Crippen molar-refractivity contribution in [2.24, 2.45) is 0 Å². The first-order valence-corrected chi connectivity index (χ1v) is 6.46. The van der Waals surface area contributed by atoms with Crippen molar-refractivity contribution in [3.63, 3.8) is 0 Å². The minimum atomic E-state index is -0.456. The number of ether oxygens (including phenoxy) is 1. The summed E-state index contributed by atoms with van der Waals surface area (Å²) in [6.07, 6.45) is 1.42. The quantitative estimate of drug-likeness (QED) is 0.718. The Kier molecular flexibility index (Phi) is 2.62. The number of piperidine rings is 1. The van der Waals surface area contributed by atoms with E-state index in [-0.39, 0.29) is 11.7 Å². The third-order valence-electron chi connectivity index (χ3n) is 4.14. The van der Waals surface area contributed by atoms with E-state index in [2.05, 4.69) is 6.58 Å². The second-order valence-electron chi connectivity index (χ2n) is 5.22. The Morgan fingerprint density at radius 3 is 2.74 bits per heavy atom. The first-order chi connectivity index (χ1) is 9.02. The average Bonchev–Trinajstić information content (AvgIpc) is 2.64. The van der Waals surface area contributed by atoms with Crippen LogP contribution in [0.1, 0.15) is 25.3 Å². The normalized spacial score (nSPS) is 20.3. The molecule has 2 aliphatic rings. The van der Waals surface area contributed by atoms with Gasteiger partial charge in [0.1, 0.15) is 17.2 Å². The summed E-state index contributed by atoms with van der Waals surface area (Å²) in [7, 11) is 0. The number of nitrogens with zero attached hydrogens (tertiary/aromatic N) is 1. The van der Waals surface area contributed by atoms with Crippen LogP contribution >= 0.6 is 0 Å². The van der Waals surface area contributed by atoms with Crippen LogP contribution in [-0.2, 0) is 4.79 Å². The molecule has 0 atom stereocenters. The monoisotopic (exact) mass is 261 g/mol. The number of carbonyl (C=O) groups is 1. The van der Waals surface area contributed by atoms with E-state index in [1.807, 2.05) is 4.90 Å². The van der Waals surface area contributed by atoms with Crippen molar-refractivity contribution in [2.45, 2.75) is 25.4 Å². The van der Waals surface area contributed by atoms with E-state index in [4.69, 9.17) is 4.74 Å². The molecule has 1 saturated heterocycles. The molecule has 4 heteroatoms. The molecule has 2 heterocycles. The summed E-state index contributed by atoms with van der Waals surface area (Å²) in [5.41, 5.74) is 1.14. The van der Waals surface area contributed by atoms with Crippen LogP contribution in [0.5, 0.6) is 5.75 Å². The van der Waals surface area contributed by atoms with Gasteiger partial charge in [0, 0.05) is 38.4 Å². The SMILES string of the molecule is C=C1c2cc(F)ccc2OC12CCN(C(C)=O)CC2. The highest BCUT2D eigenvalue weighted by Gasteiger charge is 2.45. The summed E-state index contributed by atoms with van der Waals surface area (Å²) in [6, 6.07) is 4.53. The predicted octanol–water partition coefficient (Wildman–Crippen LogP) is 2.61. The molecule has 0 aliphatic carbocycles. The molecule has 1 aromatic carbocycles. The van der Waals surface area contributed by atoms with E-state index in [0.717, 1.165) is 11.1 Å². The van der Waals surface area contributed by atoms with Gasteiger partial charge in [0.25, 0.3) is 0 Å². The summed E-state index contributed by atoms with van der Waals surface area (Å²) in [5, 5.41) is 0. The molecule has 0 bridgehead atoms. The zero-order valence-electron chi connectivity index (χ0n) is 10.9. The van der Waals surface area contributed by atoms with E-state index < -0.39 is 5.60 Å². The van der Waals surface area contributed by atoms with Gasteiger partial charge < -0.3 is 9.64 Å². The molecule has 0 N–H and O–H groups in total. The molecule has 1 amide bonds. The number of carbonyl (C=O) groups excluding carboxylic acids is 1. The fourth-order valence-electron chi connectivity index (χ4n) is 2.93. The molecule has 0 aromatic heterocycles. The van der Waals surface area contributed by atoms with Crippen LogP contribution in [0.15, 0.2) is 24.8 Å². The van der Waals surface area contributed by atoms with Crippen molar-refractivity contribution >= 4 is 11.5 Å². The van der Waals surface area contributed by atoms with Crippen molar-refractivity contribution < 1.29 is 13.9 Å². The topological polar surface area (TPSA) is 29.5 Å². The van der Waals surface area contributed by atoms with Crippen molar-refractivity contribution in [1.29, 1.82) is 0 Å². The molecule has 3 nitrogen and oxygen atoms in total. The van der Waals surface area contributed by atoms with Gasteiger partial charge in [-0.1, -0.05) is 6.58 Å². The van der Waals surface area contributed by atoms with E-state index in [0.29, 0.717) is 31.7 Å². The summed E-state index contributed by atoms with van der Waals surface area (Å²) >= 11 is 0. The maximum Gasteiger partial charge on any atom is 0.219 e. The Balaban J connectivity index is 1.86. The summed E-state index contributed by atoms with van der Waals surface area (Å²) in [5.74, 6) is 0.506. The number of fused-ring (bicyclic) bond motifs is 1. The Morgan fingerprint density at radius 1 is 1.42 bits per heavy atom. The molecule has 1 aromatic rings. The lowest BCUT2D eigenvalue weighted by molar-refractivity contribution is -0.131. The summed E-state index contributed by atoms with van der Waals surface area (Å²) in [6.45, 7) is 6.98. The first-order valence-electron chi connectivity index (χ1n) is 6.46. The van der Waals surface area contributed by atoms with Crippen LogP contribution in [0.2, 0.25) is 0 Å². The number of hydrogen-bond donors (Lipinski definition) is 0. The number of likely N-dealkylation sites (tertiary alicyclic amines) is 1. The fourth-order valence-corrected chi connectivity index (χ4v) is 2.93. The minimum absolute atomic E-state index is 0.0852. The van der Waals surface area contributed by atoms with Crippen molar-refractivity contribution in [1.82, 2.24) is 4.90 Å². The minimum Gasteiger partial charge on any atom is -0.482 e. The van der Waals surface area contributed by atoms with Gasteiger partial charge in [-0.15, -0.1) is 0 Å². The van der Waals surface area contributed by atoms with Crippen LogP contribution in [0.4, 0.5) is 4.39 Å². The second kappa shape index (κ2) is 4.08. The Labute approximate surface area is 111 Å². The molecule has 2 aliphatic heterocycles. The van der Waals surface area contributed by atoms with E-state index in [9.17, 15) is 9.18 Å². The molecule has 0 unspecified atom stereocenters. The lowest BCUT2D eigenvalue weighted by Gasteiger charge is -2.39. The predicted molar refractivity (Wildman–Crippen MR) is 70.3 cm³/mol. The van der Waals surface area contributed by atoms with Crippen molar-refractivity contribution in [3.8, 4) is 5.75 Å². The number of rotatable bonds is 0. The van der Waals surface area contributed by atoms with Gasteiger partial charge >= 0.3 is 0 Å². The lowest BCUT2D eigenvalue weighted by atomic mass is 9.83. The van der Waals surface area contributed by atoms with Gasteiger partial charge in [0.15, 0.2) is 0 Å². The van der Waals surface area contributed by atoms with Crippen LogP contribution in [0, 0.1) is 5.82 Å². The number of benzene rings is 1. The molecule has 19 heavy (non-hydrogen) atoms. The van der Waals surface area contributed by atoms with E-state index in [1.54, 1.807) is 13.0 Å². The molecule has 100 valence electrons. The van der Waals surface area contributed by atoms with Crippen LogP contribution in [0.25, 0.3) is 5.57 Å². The second-order valence-corrected chi connectivity index (χ2v) is 5.22. The summed E-state index contributed by atoms with van der Waals surface area (Å²) < 4.78 is 19.3. The van der Waals surface area contributed by atoms with Gasteiger partial charge in [-0.05, 0) is 23.8 Å². The number of hydrogen-bond acceptors (Lipinski definition) is 2. The average molecular weight is 261 g/mol. The molecule has 1 spiro atoms. The summed E-state index contributed by atoms with van der Waals surface area (Å²) in [4.78, 5) is 13.2. The highest BCUT2D eigenvalue weighted by Crippen LogP contribution is 2.48. The number of amides is 1. The van der Waals surface area contributed by atoms with Gasteiger partial charge in [0.2, 0.25) is 5.91 Å². The molecular weight excluding hydrogens is 245 g/mol. The molecule has 1 fully saturated rings. The Bertz CT molecular complexity index is 559. The van der Waals surface area contributed by atoms with Crippen LogP contribution < -0.4 is 4.74 Å². The van der Waals surface area contributed by atoms with Gasteiger partial charge in [-0.25, -0.2) is 4.39 Å².